The lowest BCUT2D eigenvalue weighted by Gasteiger charge is -2.14. The number of hydrogen-bond acceptors (Lipinski definition) is 2. The average Bonchev–Trinajstić information content (AvgIpc) is 2.80. The van der Waals surface area contributed by atoms with Gasteiger partial charge in [0.05, 0.1) is 24.2 Å². The Hall–Kier alpha value is -1.82. The highest BCUT2D eigenvalue weighted by molar-refractivity contribution is 5.29. The predicted octanol–water partition coefficient (Wildman–Crippen LogP) is 3.71. The third kappa shape index (κ3) is 3.14. The molecule has 0 aliphatic heterocycles. The summed E-state index contributed by atoms with van der Waals surface area (Å²) in [7, 11) is 0. The lowest BCUT2D eigenvalue weighted by molar-refractivity contribution is -0.137. The molecule has 19 heavy (non-hydrogen) atoms. The molecule has 1 heterocycles. The Morgan fingerprint density at radius 2 is 1.95 bits per heavy atom. The standard InChI is InChI=1S/C13H10F4O2/c14-11-2-1-9(13(15,16)17)6-10(11)12(18)5-8-3-4-19-7-8/h1-4,6-7,12,18H,5H2. The Kier molecular flexibility index (Phi) is 3.61. The summed E-state index contributed by atoms with van der Waals surface area (Å²) in [6.07, 6.45) is -3.24. The van der Waals surface area contributed by atoms with Gasteiger partial charge in [-0.05, 0) is 29.8 Å². The molecule has 0 spiro atoms. The first-order valence-electron chi connectivity index (χ1n) is 5.43. The zero-order chi connectivity index (χ0) is 14.0. The molecule has 2 nitrogen and oxygen atoms in total. The smallest absolute Gasteiger partial charge is 0.416 e. The maximum atomic E-state index is 13.5. The Bertz CT molecular complexity index is 546. The summed E-state index contributed by atoms with van der Waals surface area (Å²) in [4.78, 5) is 0. The normalized spacial score (nSPS) is 13.5. The van der Waals surface area contributed by atoms with Crippen molar-refractivity contribution in [3.63, 3.8) is 0 Å². The molecule has 0 saturated heterocycles. The molecule has 0 fully saturated rings. The molecule has 0 amide bonds. The van der Waals surface area contributed by atoms with E-state index in [1.54, 1.807) is 6.07 Å². The van der Waals surface area contributed by atoms with Gasteiger partial charge in [-0.2, -0.15) is 13.2 Å². The SMILES string of the molecule is OC(Cc1ccoc1)c1cc(C(F)(F)F)ccc1F. The number of hydrogen-bond donors (Lipinski definition) is 1. The summed E-state index contributed by atoms with van der Waals surface area (Å²) < 4.78 is 55.8. The first kappa shape index (κ1) is 13.6. The Morgan fingerprint density at radius 3 is 2.53 bits per heavy atom. The first-order chi connectivity index (χ1) is 8.88. The van der Waals surface area contributed by atoms with Gasteiger partial charge in [0, 0.05) is 12.0 Å². The third-order valence-corrected chi connectivity index (χ3v) is 2.69. The van der Waals surface area contributed by atoms with E-state index in [0.717, 1.165) is 0 Å². The van der Waals surface area contributed by atoms with Gasteiger partial charge in [0.15, 0.2) is 0 Å². The number of rotatable bonds is 3. The van der Waals surface area contributed by atoms with Crippen LogP contribution in [0.1, 0.15) is 22.8 Å². The van der Waals surface area contributed by atoms with E-state index in [0.29, 0.717) is 23.8 Å². The molecule has 0 aliphatic rings. The quantitative estimate of drug-likeness (QED) is 0.865. The molecule has 1 N–H and O–H groups in total. The Labute approximate surface area is 106 Å². The van der Waals surface area contributed by atoms with Crippen molar-refractivity contribution in [3.05, 3.63) is 59.3 Å². The molecular formula is C13H10F4O2. The molecule has 6 heteroatoms. The lowest BCUT2D eigenvalue weighted by Crippen LogP contribution is -2.09. The van der Waals surface area contributed by atoms with Crippen LogP contribution in [-0.4, -0.2) is 5.11 Å². The van der Waals surface area contributed by atoms with Gasteiger partial charge in [0.25, 0.3) is 0 Å². The second kappa shape index (κ2) is 5.05. The van der Waals surface area contributed by atoms with Crippen LogP contribution in [0.25, 0.3) is 0 Å². The largest absolute Gasteiger partial charge is 0.472 e. The van der Waals surface area contributed by atoms with Crippen LogP contribution in [0.15, 0.2) is 41.2 Å². The van der Waals surface area contributed by atoms with Crippen molar-refractivity contribution in [2.45, 2.75) is 18.7 Å². The van der Waals surface area contributed by atoms with E-state index in [1.807, 2.05) is 0 Å². The molecule has 0 radical (unpaired) electrons. The average molecular weight is 274 g/mol. The summed E-state index contributed by atoms with van der Waals surface area (Å²) in [6, 6.07) is 3.52. The van der Waals surface area contributed by atoms with E-state index in [1.165, 1.54) is 12.5 Å². The Balaban J connectivity index is 2.28. The van der Waals surface area contributed by atoms with E-state index in [4.69, 9.17) is 4.42 Å². The van der Waals surface area contributed by atoms with Gasteiger partial charge in [0.2, 0.25) is 0 Å². The van der Waals surface area contributed by atoms with E-state index < -0.39 is 23.7 Å². The van der Waals surface area contributed by atoms with Gasteiger partial charge in [-0.15, -0.1) is 0 Å². The van der Waals surface area contributed by atoms with Crippen LogP contribution in [0.4, 0.5) is 17.6 Å². The zero-order valence-corrected chi connectivity index (χ0v) is 9.62. The molecule has 102 valence electrons. The minimum atomic E-state index is -4.57. The number of aliphatic hydroxyl groups is 1. The van der Waals surface area contributed by atoms with Crippen molar-refractivity contribution in [1.29, 1.82) is 0 Å². The molecule has 1 aromatic heterocycles. The molecular weight excluding hydrogens is 264 g/mol. The van der Waals surface area contributed by atoms with Crippen LogP contribution < -0.4 is 0 Å². The van der Waals surface area contributed by atoms with Crippen LogP contribution in [0.3, 0.4) is 0 Å². The molecule has 1 unspecified atom stereocenters. The summed E-state index contributed by atoms with van der Waals surface area (Å²) in [5.41, 5.74) is -0.796. The number of furan rings is 1. The topological polar surface area (TPSA) is 33.4 Å². The highest BCUT2D eigenvalue weighted by Crippen LogP contribution is 2.32. The van der Waals surface area contributed by atoms with E-state index in [2.05, 4.69) is 0 Å². The van der Waals surface area contributed by atoms with Crippen LogP contribution in [0.2, 0.25) is 0 Å². The fraction of sp³-hybridized carbons (Fsp3) is 0.231. The van der Waals surface area contributed by atoms with Gasteiger partial charge in [-0.3, -0.25) is 0 Å². The molecule has 1 atom stereocenters. The molecule has 0 bridgehead atoms. The van der Waals surface area contributed by atoms with Crippen molar-refractivity contribution < 1.29 is 27.1 Å². The molecule has 0 saturated carbocycles. The molecule has 0 aliphatic carbocycles. The fourth-order valence-corrected chi connectivity index (χ4v) is 1.72. The number of benzene rings is 1. The van der Waals surface area contributed by atoms with Crippen LogP contribution in [-0.2, 0) is 12.6 Å². The van der Waals surface area contributed by atoms with Gasteiger partial charge in [-0.1, -0.05) is 0 Å². The minimum absolute atomic E-state index is 0.0191. The maximum absolute atomic E-state index is 13.5. The molecule has 1 aromatic carbocycles. The van der Waals surface area contributed by atoms with Gasteiger partial charge >= 0.3 is 6.18 Å². The number of alkyl halides is 3. The molecule has 2 rings (SSSR count). The summed E-state index contributed by atoms with van der Waals surface area (Å²) in [6.45, 7) is 0. The number of aliphatic hydroxyl groups excluding tert-OH is 1. The second-order valence-electron chi connectivity index (χ2n) is 4.09. The van der Waals surface area contributed by atoms with E-state index >= 15 is 0 Å². The zero-order valence-electron chi connectivity index (χ0n) is 9.62. The molecule has 2 aromatic rings. The Morgan fingerprint density at radius 1 is 1.21 bits per heavy atom. The lowest BCUT2D eigenvalue weighted by atomic mass is 10.0. The maximum Gasteiger partial charge on any atom is 0.416 e. The van der Waals surface area contributed by atoms with Gasteiger partial charge < -0.3 is 9.52 Å². The third-order valence-electron chi connectivity index (χ3n) is 2.69. The van der Waals surface area contributed by atoms with Crippen molar-refractivity contribution >= 4 is 0 Å². The minimum Gasteiger partial charge on any atom is -0.472 e. The van der Waals surface area contributed by atoms with E-state index in [9.17, 15) is 22.7 Å². The van der Waals surface area contributed by atoms with Crippen LogP contribution in [0, 0.1) is 5.82 Å². The highest BCUT2D eigenvalue weighted by Gasteiger charge is 2.31. The van der Waals surface area contributed by atoms with Gasteiger partial charge in [0.1, 0.15) is 5.82 Å². The van der Waals surface area contributed by atoms with Crippen LogP contribution in [0.5, 0.6) is 0 Å². The van der Waals surface area contributed by atoms with Crippen molar-refractivity contribution in [2.75, 3.05) is 0 Å². The predicted molar refractivity (Wildman–Crippen MR) is 58.8 cm³/mol. The summed E-state index contributed by atoms with van der Waals surface area (Å²) in [5, 5.41) is 9.81. The monoisotopic (exact) mass is 274 g/mol. The number of halogens is 4. The van der Waals surface area contributed by atoms with E-state index in [-0.39, 0.29) is 12.0 Å². The van der Waals surface area contributed by atoms with Crippen molar-refractivity contribution in [2.24, 2.45) is 0 Å². The second-order valence-corrected chi connectivity index (χ2v) is 4.09. The summed E-state index contributed by atoms with van der Waals surface area (Å²) in [5.74, 6) is -0.871. The van der Waals surface area contributed by atoms with Gasteiger partial charge in [-0.25, -0.2) is 4.39 Å². The van der Waals surface area contributed by atoms with Crippen molar-refractivity contribution in [1.82, 2.24) is 0 Å². The first-order valence-corrected chi connectivity index (χ1v) is 5.43. The highest BCUT2D eigenvalue weighted by atomic mass is 19.4. The van der Waals surface area contributed by atoms with Crippen LogP contribution >= 0.6 is 0 Å². The van der Waals surface area contributed by atoms with Crippen molar-refractivity contribution in [3.8, 4) is 0 Å². The fourth-order valence-electron chi connectivity index (χ4n) is 1.72. The summed E-state index contributed by atoms with van der Waals surface area (Å²) >= 11 is 0.